The van der Waals surface area contributed by atoms with Crippen molar-refractivity contribution in [2.75, 3.05) is 0 Å². The first-order valence-electron chi connectivity index (χ1n) is 7.22. The second kappa shape index (κ2) is 6.16. The fraction of sp³-hybridized carbons (Fsp3) is 0.500. The fourth-order valence-electron chi connectivity index (χ4n) is 2.85. The van der Waals surface area contributed by atoms with Gasteiger partial charge in [0.15, 0.2) is 6.04 Å². The van der Waals surface area contributed by atoms with E-state index in [0.29, 0.717) is 5.56 Å². The minimum Gasteiger partial charge on any atom is -0.479 e. The zero-order valence-electron chi connectivity index (χ0n) is 12.4. The van der Waals surface area contributed by atoms with E-state index in [1.807, 2.05) is 6.07 Å². The Kier molecular flexibility index (Phi) is 4.50. The molecule has 0 bridgehead atoms. The number of carbonyl (C=O) groups is 2. The molecule has 0 aliphatic heterocycles. The summed E-state index contributed by atoms with van der Waals surface area (Å²) in [6.07, 6.45) is 2.92. The first kappa shape index (κ1) is 15.4. The topological polar surface area (TPSA) is 78.4 Å². The van der Waals surface area contributed by atoms with Crippen molar-refractivity contribution in [3.8, 4) is 0 Å². The lowest BCUT2D eigenvalue weighted by molar-refractivity contribution is -0.139. The molecular formula is C16H22N2O3. The lowest BCUT2D eigenvalue weighted by Gasteiger charge is -2.20. The Hall–Kier alpha value is -2.04. The number of carboxylic acid groups (broad SMARTS) is 1. The fourth-order valence-corrected chi connectivity index (χ4v) is 2.85. The van der Waals surface area contributed by atoms with Crippen LogP contribution in [0, 0.1) is 5.41 Å². The second-order valence-electron chi connectivity index (χ2n) is 6.40. The number of hydrogen-bond acceptors (Lipinski definition) is 2. The molecule has 1 aliphatic rings. The predicted octanol–water partition coefficient (Wildman–Crippen LogP) is 2.69. The van der Waals surface area contributed by atoms with Crippen molar-refractivity contribution >= 4 is 12.0 Å². The Morgan fingerprint density at radius 3 is 2.48 bits per heavy atom. The quantitative estimate of drug-likeness (QED) is 0.797. The molecule has 1 aromatic carbocycles. The standard InChI is InChI=1S/C16H22N2O3/c1-16(2)9-8-12(10-16)17-15(21)18-13(14(19)20)11-6-4-3-5-7-11/h3-7,12-13H,8-10H2,1-2H3,(H,19,20)(H2,17,18,21)/t12?,13-/m0/s1. The summed E-state index contributed by atoms with van der Waals surface area (Å²) in [6, 6.07) is 7.37. The monoisotopic (exact) mass is 290 g/mol. The van der Waals surface area contributed by atoms with Gasteiger partial charge in [0.2, 0.25) is 0 Å². The third-order valence-corrected chi connectivity index (χ3v) is 3.96. The van der Waals surface area contributed by atoms with Gasteiger partial charge in [-0.05, 0) is 30.2 Å². The Morgan fingerprint density at radius 2 is 1.95 bits per heavy atom. The summed E-state index contributed by atoms with van der Waals surface area (Å²) < 4.78 is 0. The van der Waals surface area contributed by atoms with Gasteiger partial charge in [-0.15, -0.1) is 0 Å². The summed E-state index contributed by atoms with van der Waals surface area (Å²) in [5.41, 5.74) is 0.802. The van der Waals surface area contributed by atoms with Crippen molar-refractivity contribution < 1.29 is 14.7 Å². The number of amides is 2. The molecule has 0 heterocycles. The van der Waals surface area contributed by atoms with Crippen LogP contribution in [-0.2, 0) is 4.79 Å². The smallest absolute Gasteiger partial charge is 0.330 e. The van der Waals surface area contributed by atoms with Crippen LogP contribution in [0.1, 0.15) is 44.7 Å². The molecule has 5 heteroatoms. The van der Waals surface area contributed by atoms with E-state index in [0.717, 1.165) is 19.3 Å². The molecule has 0 saturated heterocycles. The molecule has 1 aromatic rings. The van der Waals surface area contributed by atoms with Crippen molar-refractivity contribution in [2.24, 2.45) is 5.41 Å². The van der Waals surface area contributed by atoms with Crippen LogP contribution in [0.3, 0.4) is 0 Å². The van der Waals surface area contributed by atoms with Gasteiger partial charge in [-0.25, -0.2) is 9.59 Å². The third kappa shape index (κ3) is 4.21. The molecular weight excluding hydrogens is 268 g/mol. The average molecular weight is 290 g/mol. The molecule has 0 aromatic heterocycles. The summed E-state index contributed by atoms with van der Waals surface area (Å²) in [4.78, 5) is 23.3. The van der Waals surface area contributed by atoms with E-state index in [-0.39, 0.29) is 11.5 Å². The van der Waals surface area contributed by atoms with Crippen LogP contribution >= 0.6 is 0 Å². The first-order valence-corrected chi connectivity index (χ1v) is 7.22. The molecule has 1 aliphatic carbocycles. The lowest BCUT2D eigenvalue weighted by atomic mass is 9.92. The van der Waals surface area contributed by atoms with Crippen molar-refractivity contribution in [1.82, 2.24) is 10.6 Å². The number of carbonyl (C=O) groups excluding carboxylic acids is 1. The Morgan fingerprint density at radius 1 is 1.29 bits per heavy atom. The summed E-state index contributed by atoms with van der Waals surface area (Å²) in [6.45, 7) is 4.35. The highest BCUT2D eigenvalue weighted by Crippen LogP contribution is 2.36. The summed E-state index contributed by atoms with van der Waals surface area (Å²) in [7, 11) is 0. The minimum atomic E-state index is -1.07. The Bertz CT molecular complexity index is 514. The van der Waals surface area contributed by atoms with Crippen LogP contribution in [-0.4, -0.2) is 23.1 Å². The second-order valence-corrected chi connectivity index (χ2v) is 6.40. The zero-order valence-corrected chi connectivity index (χ0v) is 12.4. The van der Waals surface area contributed by atoms with E-state index in [9.17, 15) is 14.7 Å². The van der Waals surface area contributed by atoms with E-state index in [4.69, 9.17) is 0 Å². The molecule has 2 atom stereocenters. The van der Waals surface area contributed by atoms with Gasteiger partial charge in [0.25, 0.3) is 0 Å². The largest absolute Gasteiger partial charge is 0.479 e. The molecule has 1 saturated carbocycles. The van der Waals surface area contributed by atoms with Crippen molar-refractivity contribution in [1.29, 1.82) is 0 Å². The molecule has 1 unspecified atom stereocenters. The molecule has 0 spiro atoms. The molecule has 5 nitrogen and oxygen atoms in total. The molecule has 2 rings (SSSR count). The van der Waals surface area contributed by atoms with Crippen molar-refractivity contribution in [3.63, 3.8) is 0 Å². The van der Waals surface area contributed by atoms with Crippen LogP contribution in [0.2, 0.25) is 0 Å². The highest BCUT2D eigenvalue weighted by molar-refractivity contribution is 5.83. The maximum Gasteiger partial charge on any atom is 0.330 e. The van der Waals surface area contributed by atoms with Crippen LogP contribution in [0.25, 0.3) is 0 Å². The van der Waals surface area contributed by atoms with Crippen LogP contribution in [0.4, 0.5) is 4.79 Å². The first-order chi connectivity index (χ1) is 9.87. The van der Waals surface area contributed by atoms with Gasteiger partial charge in [-0.1, -0.05) is 44.2 Å². The van der Waals surface area contributed by atoms with Gasteiger partial charge < -0.3 is 15.7 Å². The van der Waals surface area contributed by atoms with Gasteiger partial charge in [-0.2, -0.15) is 0 Å². The maximum absolute atomic E-state index is 12.0. The molecule has 114 valence electrons. The molecule has 2 amide bonds. The van der Waals surface area contributed by atoms with Crippen LogP contribution < -0.4 is 10.6 Å². The zero-order chi connectivity index (χ0) is 15.5. The Balaban J connectivity index is 1.95. The number of benzene rings is 1. The van der Waals surface area contributed by atoms with Crippen LogP contribution in [0.5, 0.6) is 0 Å². The average Bonchev–Trinajstić information content (AvgIpc) is 2.76. The number of nitrogens with one attached hydrogen (secondary N) is 2. The van der Waals surface area contributed by atoms with E-state index >= 15 is 0 Å². The van der Waals surface area contributed by atoms with Crippen molar-refractivity contribution in [3.05, 3.63) is 35.9 Å². The van der Waals surface area contributed by atoms with E-state index in [1.54, 1.807) is 24.3 Å². The Labute approximate surface area is 124 Å². The summed E-state index contributed by atoms with van der Waals surface area (Å²) >= 11 is 0. The number of hydrogen-bond donors (Lipinski definition) is 3. The highest BCUT2D eigenvalue weighted by atomic mass is 16.4. The van der Waals surface area contributed by atoms with Gasteiger partial charge in [-0.3, -0.25) is 0 Å². The predicted molar refractivity (Wildman–Crippen MR) is 79.9 cm³/mol. The summed E-state index contributed by atoms with van der Waals surface area (Å²) in [5, 5.41) is 14.7. The minimum absolute atomic E-state index is 0.116. The number of urea groups is 1. The SMILES string of the molecule is CC1(C)CCC(NC(=O)N[C@H](C(=O)O)c2ccccc2)C1. The van der Waals surface area contributed by atoms with Gasteiger partial charge in [0, 0.05) is 6.04 Å². The number of rotatable bonds is 4. The molecule has 1 fully saturated rings. The third-order valence-electron chi connectivity index (χ3n) is 3.96. The number of aliphatic carboxylic acids is 1. The highest BCUT2D eigenvalue weighted by Gasteiger charge is 2.32. The summed E-state index contributed by atoms with van der Waals surface area (Å²) in [5.74, 6) is -1.07. The van der Waals surface area contributed by atoms with Gasteiger partial charge in [0.05, 0.1) is 0 Å². The van der Waals surface area contributed by atoms with Gasteiger partial charge in [0.1, 0.15) is 0 Å². The maximum atomic E-state index is 12.0. The molecule has 0 radical (unpaired) electrons. The number of carboxylic acids is 1. The van der Waals surface area contributed by atoms with Crippen molar-refractivity contribution in [2.45, 2.75) is 45.2 Å². The van der Waals surface area contributed by atoms with E-state index in [2.05, 4.69) is 24.5 Å². The normalized spacial score (nSPS) is 21.5. The van der Waals surface area contributed by atoms with Gasteiger partial charge >= 0.3 is 12.0 Å². The van der Waals surface area contributed by atoms with E-state index in [1.165, 1.54) is 0 Å². The van der Waals surface area contributed by atoms with Crippen LogP contribution in [0.15, 0.2) is 30.3 Å². The molecule has 3 N–H and O–H groups in total. The van der Waals surface area contributed by atoms with E-state index < -0.39 is 18.0 Å². The lowest BCUT2D eigenvalue weighted by Crippen LogP contribution is -2.44. The molecule has 21 heavy (non-hydrogen) atoms.